The molecule has 17 heavy (non-hydrogen) atoms. The fraction of sp³-hybridized carbons (Fsp3) is 1.00. The zero-order chi connectivity index (χ0) is 13.4. The summed E-state index contributed by atoms with van der Waals surface area (Å²) in [6.45, 7) is 9.89. The van der Waals surface area contributed by atoms with Crippen molar-refractivity contribution in [2.45, 2.75) is 39.7 Å². The van der Waals surface area contributed by atoms with E-state index in [9.17, 15) is 8.42 Å². The van der Waals surface area contributed by atoms with Gasteiger partial charge in [0, 0.05) is 19.7 Å². The highest BCUT2D eigenvalue weighted by atomic mass is 32.2. The first-order chi connectivity index (χ1) is 7.83. The molecular weight excluding hydrogens is 240 g/mol. The van der Waals surface area contributed by atoms with E-state index in [1.54, 1.807) is 0 Å². The van der Waals surface area contributed by atoms with Crippen LogP contribution in [0.1, 0.15) is 34.1 Å². The van der Waals surface area contributed by atoms with Crippen molar-refractivity contribution in [1.29, 1.82) is 0 Å². The van der Waals surface area contributed by atoms with Gasteiger partial charge in [0.15, 0.2) is 0 Å². The maximum absolute atomic E-state index is 11.6. The van der Waals surface area contributed by atoms with Crippen LogP contribution in [0.15, 0.2) is 0 Å². The van der Waals surface area contributed by atoms with Crippen molar-refractivity contribution in [3.05, 3.63) is 0 Å². The predicted octanol–water partition coefficient (Wildman–Crippen LogP) is 0.721. The van der Waals surface area contributed by atoms with Gasteiger partial charge >= 0.3 is 0 Å². The Hall–Kier alpha value is -0.170. The summed E-state index contributed by atoms with van der Waals surface area (Å²) in [5, 5.41) is 3.06. The van der Waals surface area contributed by atoms with E-state index >= 15 is 0 Å². The van der Waals surface area contributed by atoms with Crippen molar-refractivity contribution in [1.82, 2.24) is 10.0 Å². The van der Waals surface area contributed by atoms with Crippen molar-refractivity contribution in [3.8, 4) is 0 Å². The topological polar surface area (TPSA) is 67.4 Å². The van der Waals surface area contributed by atoms with Crippen LogP contribution < -0.4 is 10.0 Å². The van der Waals surface area contributed by atoms with Crippen molar-refractivity contribution >= 4 is 10.0 Å². The van der Waals surface area contributed by atoms with Gasteiger partial charge in [-0.25, -0.2) is 13.1 Å². The molecule has 0 rings (SSSR count). The third-order valence-electron chi connectivity index (χ3n) is 2.23. The van der Waals surface area contributed by atoms with Crippen LogP contribution in [0.2, 0.25) is 0 Å². The van der Waals surface area contributed by atoms with E-state index in [-0.39, 0.29) is 5.75 Å². The fourth-order valence-corrected chi connectivity index (χ4v) is 2.43. The molecule has 0 unspecified atom stereocenters. The third-order valence-corrected chi connectivity index (χ3v) is 3.55. The first kappa shape index (κ1) is 16.8. The van der Waals surface area contributed by atoms with Gasteiger partial charge in [-0.3, -0.25) is 0 Å². The molecule has 0 aliphatic heterocycles. The van der Waals surface area contributed by atoms with Crippen molar-refractivity contribution in [3.63, 3.8) is 0 Å². The molecule has 0 aliphatic carbocycles. The molecule has 0 spiro atoms. The highest BCUT2D eigenvalue weighted by Crippen LogP contribution is 2.07. The van der Waals surface area contributed by atoms with Crippen LogP contribution in [0.5, 0.6) is 0 Å². The molecule has 0 bridgehead atoms. The van der Waals surface area contributed by atoms with Crippen molar-refractivity contribution < 1.29 is 13.2 Å². The van der Waals surface area contributed by atoms with Gasteiger partial charge in [-0.15, -0.1) is 0 Å². The largest absolute Gasteiger partial charge is 0.375 e. The summed E-state index contributed by atoms with van der Waals surface area (Å²) in [5.74, 6) is 0.106. The van der Waals surface area contributed by atoms with Gasteiger partial charge in [-0.05, 0) is 33.7 Å². The van der Waals surface area contributed by atoms with Crippen LogP contribution in [0, 0.1) is 0 Å². The Morgan fingerprint density at radius 2 is 1.82 bits per heavy atom. The molecule has 0 amide bonds. The van der Waals surface area contributed by atoms with E-state index in [0.717, 1.165) is 13.0 Å². The Morgan fingerprint density at radius 1 is 1.18 bits per heavy atom. The Balaban J connectivity index is 3.93. The molecule has 0 saturated heterocycles. The Kier molecular flexibility index (Phi) is 7.94. The summed E-state index contributed by atoms with van der Waals surface area (Å²) in [5.41, 5.74) is -0.460. The average Bonchev–Trinajstić information content (AvgIpc) is 2.22. The molecule has 0 saturated carbocycles. The van der Waals surface area contributed by atoms with Crippen LogP contribution in [0.25, 0.3) is 0 Å². The Bertz CT molecular complexity index is 289. The molecular formula is C11H26N2O3S. The zero-order valence-corrected chi connectivity index (χ0v) is 12.2. The van der Waals surface area contributed by atoms with E-state index in [1.807, 2.05) is 27.7 Å². The molecule has 0 aromatic heterocycles. The van der Waals surface area contributed by atoms with E-state index in [4.69, 9.17) is 4.74 Å². The Labute approximate surface area is 105 Å². The summed E-state index contributed by atoms with van der Waals surface area (Å²) in [7, 11) is -3.21. The minimum atomic E-state index is -3.21. The first-order valence-corrected chi connectivity index (χ1v) is 7.80. The maximum atomic E-state index is 11.6. The lowest BCUT2D eigenvalue weighted by molar-refractivity contribution is -0.00514. The summed E-state index contributed by atoms with van der Waals surface area (Å²) in [6, 6.07) is 0. The second-order valence-electron chi connectivity index (χ2n) is 4.58. The van der Waals surface area contributed by atoms with E-state index in [0.29, 0.717) is 19.7 Å². The number of nitrogens with one attached hydrogen (secondary N) is 2. The number of sulfonamides is 1. The zero-order valence-electron chi connectivity index (χ0n) is 11.4. The maximum Gasteiger partial charge on any atom is 0.212 e. The highest BCUT2D eigenvalue weighted by Gasteiger charge is 2.20. The van der Waals surface area contributed by atoms with Gasteiger partial charge in [0.05, 0.1) is 11.4 Å². The van der Waals surface area contributed by atoms with Gasteiger partial charge in [0.2, 0.25) is 10.0 Å². The van der Waals surface area contributed by atoms with Crippen molar-refractivity contribution in [2.75, 3.05) is 32.0 Å². The van der Waals surface area contributed by atoms with Gasteiger partial charge in [0.1, 0.15) is 0 Å². The average molecular weight is 266 g/mol. The van der Waals surface area contributed by atoms with Crippen LogP contribution >= 0.6 is 0 Å². The van der Waals surface area contributed by atoms with Gasteiger partial charge in [-0.1, -0.05) is 6.92 Å². The second kappa shape index (κ2) is 8.02. The molecule has 6 heteroatoms. The van der Waals surface area contributed by atoms with Crippen LogP contribution in [0.3, 0.4) is 0 Å². The van der Waals surface area contributed by atoms with Gasteiger partial charge < -0.3 is 10.1 Å². The van der Waals surface area contributed by atoms with Crippen LogP contribution in [0.4, 0.5) is 0 Å². The molecule has 2 N–H and O–H groups in total. The summed E-state index contributed by atoms with van der Waals surface area (Å²) >= 11 is 0. The number of ether oxygens (including phenoxy) is 1. The molecule has 0 atom stereocenters. The normalized spacial score (nSPS) is 12.9. The number of hydrogen-bond donors (Lipinski definition) is 2. The van der Waals surface area contributed by atoms with E-state index in [2.05, 4.69) is 10.0 Å². The quantitative estimate of drug-likeness (QED) is 0.572. The lowest BCUT2D eigenvalue weighted by Gasteiger charge is -2.24. The lowest BCUT2D eigenvalue weighted by atomic mass is 10.1. The molecule has 0 aromatic rings. The highest BCUT2D eigenvalue weighted by molar-refractivity contribution is 7.89. The predicted molar refractivity (Wildman–Crippen MR) is 70.7 cm³/mol. The summed E-state index contributed by atoms with van der Waals surface area (Å²) in [4.78, 5) is 0. The lowest BCUT2D eigenvalue weighted by Crippen LogP contribution is -2.42. The standard InChI is InChI=1S/C11H26N2O3S/c1-5-7-12-8-9-17(14,15)13-10-11(3,4)16-6-2/h12-13H,5-10H2,1-4H3. The molecule has 0 aromatic carbocycles. The number of rotatable bonds is 10. The summed E-state index contributed by atoms with van der Waals surface area (Å²) < 4.78 is 31.3. The first-order valence-electron chi connectivity index (χ1n) is 6.15. The smallest absolute Gasteiger partial charge is 0.212 e. The third kappa shape index (κ3) is 9.52. The molecule has 0 heterocycles. The molecule has 5 nitrogen and oxygen atoms in total. The summed E-state index contributed by atoms with van der Waals surface area (Å²) in [6.07, 6.45) is 1.00. The molecule has 104 valence electrons. The van der Waals surface area contributed by atoms with Crippen molar-refractivity contribution in [2.24, 2.45) is 0 Å². The van der Waals surface area contributed by atoms with E-state index < -0.39 is 15.6 Å². The minimum Gasteiger partial charge on any atom is -0.375 e. The molecule has 0 fully saturated rings. The monoisotopic (exact) mass is 266 g/mol. The van der Waals surface area contributed by atoms with Crippen LogP contribution in [-0.4, -0.2) is 46.0 Å². The van der Waals surface area contributed by atoms with E-state index in [1.165, 1.54) is 0 Å². The van der Waals surface area contributed by atoms with Gasteiger partial charge in [-0.2, -0.15) is 0 Å². The SMILES string of the molecule is CCCNCCS(=O)(=O)NCC(C)(C)OCC. The minimum absolute atomic E-state index is 0.106. The van der Waals surface area contributed by atoms with Crippen LogP contribution in [-0.2, 0) is 14.8 Å². The Morgan fingerprint density at radius 3 is 2.35 bits per heavy atom. The van der Waals surface area contributed by atoms with Gasteiger partial charge in [0.25, 0.3) is 0 Å². The molecule has 0 radical (unpaired) electrons. The molecule has 0 aliphatic rings. The second-order valence-corrected chi connectivity index (χ2v) is 6.51. The number of hydrogen-bond acceptors (Lipinski definition) is 4. The fourth-order valence-electron chi connectivity index (χ4n) is 1.31.